The molecule has 0 heterocycles. The molecule has 0 bridgehead atoms. The maximum atomic E-state index is 11.9. The van der Waals surface area contributed by atoms with E-state index in [1.807, 2.05) is 0 Å². The van der Waals surface area contributed by atoms with Crippen molar-refractivity contribution in [2.24, 2.45) is 0 Å². The number of hydrogen-bond acceptors (Lipinski definition) is 3. The van der Waals surface area contributed by atoms with Gasteiger partial charge in [-0.1, -0.05) is 35.3 Å². The zero-order valence-electron chi connectivity index (χ0n) is 9.31. The Kier molecular flexibility index (Phi) is 3.55. The van der Waals surface area contributed by atoms with E-state index in [-0.39, 0.29) is 21.2 Å². The summed E-state index contributed by atoms with van der Waals surface area (Å²) < 4.78 is 0. The molecule has 0 amide bonds. The molecule has 0 aromatic heterocycles. The third kappa shape index (κ3) is 2.45. The van der Waals surface area contributed by atoms with Crippen LogP contribution >= 0.6 is 23.2 Å². The summed E-state index contributed by atoms with van der Waals surface area (Å²) in [6, 6.07) is 5.45. The quantitative estimate of drug-likeness (QED) is 0.852. The largest absolute Gasteiger partial charge is 0.478 e. The number of allylic oxidation sites excluding steroid dienone is 4. The SMILES string of the molecule is O=C1C=C(Cl)C(=O)C(c2ccc(C(=O)O)cc2)=C1Cl. The molecule has 96 valence electrons. The summed E-state index contributed by atoms with van der Waals surface area (Å²) in [6.45, 7) is 0. The molecule has 1 aliphatic carbocycles. The minimum Gasteiger partial charge on any atom is -0.478 e. The number of carbonyl (C=O) groups is 3. The molecule has 6 heteroatoms. The lowest BCUT2D eigenvalue weighted by molar-refractivity contribution is -0.113. The van der Waals surface area contributed by atoms with Crippen molar-refractivity contribution < 1.29 is 19.5 Å². The molecule has 1 N–H and O–H groups in total. The molecule has 1 aromatic rings. The van der Waals surface area contributed by atoms with Gasteiger partial charge in [-0.05, 0) is 17.7 Å². The average Bonchev–Trinajstić information content (AvgIpc) is 2.37. The molecule has 0 unspecified atom stereocenters. The van der Waals surface area contributed by atoms with Crippen LogP contribution in [0.25, 0.3) is 5.57 Å². The number of halogens is 2. The van der Waals surface area contributed by atoms with Gasteiger partial charge in [-0.3, -0.25) is 9.59 Å². The van der Waals surface area contributed by atoms with Gasteiger partial charge >= 0.3 is 5.97 Å². The molecule has 0 aliphatic heterocycles. The van der Waals surface area contributed by atoms with Crippen molar-refractivity contribution in [2.75, 3.05) is 0 Å². The molecule has 0 spiro atoms. The van der Waals surface area contributed by atoms with Crippen LogP contribution in [0.4, 0.5) is 0 Å². The predicted molar refractivity (Wildman–Crippen MR) is 70.1 cm³/mol. The summed E-state index contributed by atoms with van der Waals surface area (Å²) in [5, 5.41) is 8.34. The van der Waals surface area contributed by atoms with Crippen LogP contribution in [-0.2, 0) is 9.59 Å². The lowest BCUT2D eigenvalue weighted by atomic mass is 9.95. The van der Waals surface area contributed by atoms with Gasteiger partial charge in [-0.25, -0.2) is 4.79 Å². The fourth-order valence-corrected chi connectivity index (χ4v) is 2.07. The number of ketones is 2. The molecule has 1 aromatic carbocycles. The second-order valence-corrected chi connectivity index (χ2v) is 4.54. The van der Waals surface area contributed by atoms with Gasteiger partial charge < -0.3 is 5.11 Å². The Hall–Kier alpha value is -1.91. The van der Waals surface area contributed by atoms with E-state index in [9.17, 15) is 14.4 Å². The van der Waals surface area contributed by atoms with Crippen LogP contribution in [-0.4, -0.2) is 22.6 Å². The van der Waals surface area contributed by atoms with Crippen molar-refractivity contribution in [1.29, 1.82) is 0 Å². The smallest absolute Gasteiger partial charge is 0.335 e. The monoisotopic (exact) mass is 296 g/mol. The van der Waals surface area contributed by atoms with Gasteiger partial charge in [0.1, 0.15) is 0 Å². The van der Waals surface area contributed by atoms with Crippen LogP contribution < -0.4 is 0 Å². The molecular weight excluding hydrogens is 291 g/mol. The third-order valence-electron chi connectivity index (χ3n) is 2.56. The first-order valence-corrected chi connectivity index (χ1v) is 5.87. The van der Waals surface area contributed by atoms with Crippen molar-refractivity contribution in [3.05, 3.63) is 51.5 Å². The normalized spacial score (nSPS) is 15.6. The first-order chi connectivity index (χ1) is 8.91. The lowest BCUT2D eigenvalue weighted by Crippen LogP contribution is -2.14. The van der Waals surface area contributed by atoms with Crippen LogP contribution in [0.15, 0.2) is 40.4 Å². The fourth-order valence-electron chi connectivity index (χ4n) is 1.62. The van der Waals surface area contributed by atoms with Gasteiger partial charge in [0, 0.05) is 6.08 Å². The number of carbonyl (C=O) groups excluding carboxylic acids is 2. The van der Waals surface area contributed by atoms with Gasteiger partial charge in [0.15, 0.2) is 5.78 Å². The minimum absolute atomic E-state index is 0.0175. The summed E-state index contributed by atoms with van der Waals surface area (Å²) in [6.07, 6.45) is 0.960. The zero-order chi connectivity index (χ0) is 14.2. The van der Waals surface area contributed by atoms with Crippen LogP contribution in [0.2, 0.25) is 0 Å². The number of hydrogen-bond donors (Lipinski definition) is 1. The fraction of sp³-hybridized carbons (Fsp3) is 0. The van der Waals surface area contributed by atoms with Gasteiger partial charge in [-0.15, -0.1) is 0 Å². The van der Waals surface area contributed by atoms with Crippen LogP contribution in [0, 0.1) is 0 Å². The standard InChI is InChI=1S/C13H6Cl2O4/c14-8-5-9(16)11(15)10(12(8)17)6-1-3-7(4-2-6)13(18)19/h1-5H,(H,18,19). The molecule has 0 saturated heterocycles. The van der Waals surface area contributed by atoms with Crippen molar-refractivity contribution in [2.45, 2.75) is 0 Å². The van der Waals surface area contributed by atoms with E-state index < -0.39 is 17.5 Å². The maximum Gasteiger partial charge on any atom is 0.335 e. The van der Waals surface area contributed by atoms with Crippen molar-refractivity contribution in [3.8, 4) is 0 Å². The second-order valence-electron chi connectivity index (χ2n) is 3.76. The molecular formula is C13H6Cl2O4. The molecule has 0 fully saturated rings. The highest BCUT2D eigenvalue weighted by atomic mass is 35.5. The topological polar surface area (TPSA) is 71.4 Å². The van der Waals surface area contributed by atoms with E-state index in [0.29, 0.717) is 5.56 Å². The van der Waals surface area contributed by atoms with E-state index in [4.69, 9.17) is 28.3 Å². The molecule has 0 radical (unpaired) electrons. The zero-order valence-corrected chi connectivity index (χ0v) is 10.8. The lowest BCUT2D eigenvalue weighted by Gasteiger charge is -2.12. The van der Waals surface area contributed by atoms with Gasteiger partial charge in [0.2, 0.25) is 5.78 Å². The average molecular weight is 297 g/mol. The van der Waals surface area contributed by atoms with Crippen molar-refractivity contribution in [3.63, 3.8) is 0 Å². The molecule has 2 rings (SSSR count). The highest BCUT2D eigenvalue weighted by Gasteiger charge is 2.27. The summed E-state index contributed by atoms with van der Waals surface area (Å²) in [7, 11) is 0. The Morgan fingerprint density at radius 2 is 1.63 bits per heavy atom. The molecule has 0 atom stereocenters. The second kappa shape index (κ2) is 4.99. The first kappa shape index (κ1) is 13.5. The number of rotatable bonds is 2. The number of benzene rings is 1. The highest BCUT2D eigenvalue weighted by molar-refractivity contribution is 6.61. The Labute approximate surface area is 117 Å². The van der Waals surface area contributed by atoms with Gasteiger partial charge in [-0.2, -0.15) is 0 Å². The highest BCUT2D eigenvalue weighted by Crippen LogP contribution is 2.31. The van der Waals surface area contributed by atoms with E-state index in [2.05, 4.69) is 0 Å². The number of carboxylic acid groups (broad SMARTS) is 1. The Bertz CT molecular complexity index is 654. The van der Waals surface area contributed by atoms with E-state index >= 15 is 0 Å². The molecule has 1 aliphatic rings. The van der Waals surface area contributed by atoms with E-state index in [1.165, 1.54) is 24.3 Å². The Morgan fingerprint density at radius 3 is 2.16 bits per heavy atom. The number of Topliss-reactive ketones (excluding diaryl/α,β-unsaturated/α-hetero) is 1. The van der Waals surface area contributed by atoms with Crippen LogP contribution in [0.3, 0.4) is 0 Å². The summed E-state index contributed by atoms with van der Waals surface area (Å²) in [5.74, 6) is -2.20. The molecule has 0 saturated carbocycles. The van der Waals surface area contributed by atoms with Crippen molar-refractivity contribution in [1.82, 2.24) is 0 Å². The summed E-state index contributed by atoms with van der Waals surface area (Å²) >= 11 is 11.5. The number of aromatic carboxylic acids is 1. The maximum absolute atomic E-state index is 11.9. The summed E-state index contributed by atoms with van der Waals surface area (Å²) in [5.41, 5.74) is 0.396. The molecule has 19 heavy (non-hydrogen) atoms. The molecule has 4 nitrogen and oxygen atoms in total. The van der Waals surface area contributed by atoms with Crippen LogP contribution in [0.1, 0.15) is 15.9 Å². The van der Waals surface area contributed by atoms with Gasteiger partial charge in [0.05, 0.1) is 21.2 Å². The Balaban J connectivity index is 2.51. The number of carboxylic acids is 1. The minimum atomic E-state index is -1.09. The first-order valence-electron chi connectivity index (χ1n) is 5.11. The van der Waals surface area contributed by atoms with Crippen molar-refractivity contribution >= 4 is 46.3 Å². The van der Waals surface area contributed by atoms with E-state index in [0.717, 1.165) is 6.08 Å². The van der Waals surface area contributed by atoms with E-state index in [1.54, 1.807) is 0 Å². The third-order valence-corrected chi connectivity index (χ3v) is 3.21. The Morgan fingerprint density at radius 1 is 1.05 bits per heavy atom. The predicted octanol–water partition coefficient (Wildman–Crippen LogP) is 2.61. The van der Waals surface area contributed by atoms with Gasteiger partial charge in [0.25, 0.3) is 0 Å². The van der Waals surface area contributed by atoms with Crippen LogP contribution in [0.5, 0.6) is 0 Å². The summed E-state index contributed by atoms with van der Waals surface area (Å²) in [4.78, 5) is 34.1.